The largest absolute Gasteiger partial charge is 0.388 e. The first-order valence-corrected chi connectivity index (χ1v) is 15.1. The number of nitrogens with zero attached hydrogens (tertiary/aromatic N) is 5. The fourth-order valence-corrected chi connectivity index (χ4v) is 6.65. The van der Waals surface area contributed by atoms with Gasteiger partial charge in [0.1, 0.15) is 11.3 Å². The number of amides is 1. The van der Waals surface area contributed by atoms with Crippen molar-refractivity contribution in [3.63, 3.8) is 0 Å². The molecule has 0 aliphatic carbocycles. The van der Waals surface area contributed by atoms with Gasteiger partial charge in [0.25, 0.3) is 5.56 Å². The van der Waals surface area contributed by atoms with Crippen LogP contribution in [0.1, 0.15) is 24.0 Å². The smallest absolute Gasteiger partial charge is 0.281 e. The highest BCUT2D eigenvalue weighted by Crippen LogP contribution is 2.33. The average Bonchev–Trinajstić information content (AvgIpc) is 3.59. The number of thiophene rings is 1. The highest BCUT2D eigenvalue weighted by atomic mass is 35.5. The van der Waals surface area contributed by atoms with Gasteiger partial charge in [0.15, 0.2) is 5.52 Å². The number of rotatable bonds is 9. The quantitative estimate of drug-likeness (QED) is 0.234. The molecule has 2 N–H and O–H groups in total. The Morgan fingerprint density at radius 2 is 1.84 bits per heavy atom. The van der Waals surface area contributed by atoms with Crippen LogP contribution in [-0.4, -0.2) is 54.4 Å². The number of hydrogen-bond donors (Lipinski definition) is 2. The molecule has 4 heterocycles. The number of halogens is 2. The fourth-order valence-electron chi connectivity index (χ4n) is 5.61. The number of aliphatic hydroxyl groups is 1. The summed E-state index contributed by atoms with van der Waals surface area (Å²) in [7, 11) is 1.76. The lowest BCUT2D eigenvalue weighted by molar-refractivity contribution is -0.109. The molecule has 1 aliphatic rings. The molecule has 1 amide bonds. The highest BCUT2D eigenvalue weighted by molar-refractivity contribution is 7.19. The van der Waals surface area contributed by atoms with Gasteiger partial charge < -0.3 is 10.4 Å². The summed E-state index contributed by atoms with van der Waals surface area (Å²) in [5.41, 5.74) is 3.20. The van der Waals surface area contributed by atoms with Crippen LogP contribution in [0.4, 0.5) is 4.39 Å². The summed E-state index contributed by atoms with van der Waals surface area (Å²) >= 11 is 7.44. The maximum Gasteiger partial charge on any atom is 0.281 e. The van der Waals surface area contributed by atoms with E-state index in [-0.39, 0.29) is 23.4 Å². The van der Waals surface area contributed by atoms with Crippen LogP contribution in [0.2, 0.25) is 4.34 Å². The molecule has 0 atom stereocenters. The molecule has 0 saturated carbocycles. The van der Waals surface area contributed by atoms with E-state index < -0.39 is 5.60 Å². The molecule has 5 aromatic rings. The summed E-state index contributed by atoms with van der Waals surface area (Å²) in [6.45, 7) is 2.09. The molecular formula is C31H30ClFN6O3S. The van der Waals surface area contributed by atoms with Crippen LogP contribution in [-0.2, 0) is 31.5 Å². The van der Waals surface area contributed by atoms with E-state index in [2.05, 4.69) is 20.3 Å². The van der Waals surface area contributed by atoms with Crippen LogP contribution in [0.25, 0.3) is 32.7 Å². The molecule has 222 valence electrons. The molecule has 1 fully saturated rings. The minimum Gasteiger partial charge on any atom is -0.388 e. The summed E-state index contributed by atoms with van der Waals surface area (Å²) in [5, 5.41) is 18.5. The average molecular weight is 621 g/mol. The molecule has 43 heavy (non-hydrogen) atoms. The zero-order chi connectivity index (χ0) is 30.1. The number of carbonyl (C=O) groups excluding carboxylic acids is 1. The molecule has 12 heteroatoms. The second-order valence-electron chi connectivity index (χ2n) is 11.0. The van der Waals surface area contributed by atoms with E-state index >= 15 is 0 Å². The minimum absolute atomic E-state index is 0.0966. The standard InChI is InChI=1S/C31H30ClFN6O3S/c1-37-29(21-4-2-20(3-5-21)15-34-19-40)27-28(36-37)30(41)39(18-35-27)17-31(42)10-12-38(13-11-31)16-23-7-6-22(14-24(23)33)25-8-9-26(32)43-25/h2-9,14,18-19,42H,10-13,15-17H2,1H3,(H,34,40). The van der Waals surface area contributed by atoms with Crippen LogP contribution in [0.3, 0.4) is 0 Å². The number of nitrogens with one attached hydrogen (secondary N) is 1. The Morgan fingerprint density at radius 3 is 2.51 bits per heavy atom. The molecule has 6 rings (SSSR count). The third-order valence-electron chi connectivity index (χ3n) is 7.98. The number of aryl methyl sites for hydroxylation is 1. The van der Waals surface area contributed by atoms with Crippen molar-refractivity contribution in [3.05, 3.63) is 92.6 Å². The van der Waals surface area contributed by atoms with Gasteiger partial charge in [-0.1, -0.05) is 48.0 Å². The van der Waals surface area contributed by atoms with Crippen molar-refractivity contribution in [1.29, 1.82) is 0 Å². The van der Waals surface area contributed by atoms with Crippen LogP contribution in [0.15, 0.2) is 65.7 Å². The summed E-state index contributed by atoms with van der Waals surface area (Å²) in [4.78, 5) is 31.6. The van der Waals surface area contributed by atoms with E-state index in [1.165, 1.54) is 22.2 Å². The molecule has 0 radical (unpaired) electrons. The van der Waals surface area contributed by atoms with Crippen LogP contribution >= 0.6 is 22.9 Å². The Morgan fingerprint density at radius 1 is 1.09 bits per heavy atom. The van der Waals surface area contributed by atoms with Crippen LogP contribution in [0.5, 0.6) is 0 Å². The Hall–Kier alpha value is -3.90. The molecule has 1 saturated heterocycles. The number of fused-ring (bicyclic) bond motifs is 1. The first-order chi connectivity index (χ1) is 20.7. The number of benzene rings is 2. The Kier molecular flexibility index (Phi) is 8.15. The minimum atomic E-state index is -1.10. The van der Waals surface area contributed by atoms with Gasteiger partial charge in [-0.15, -0.1) is 11.3 Å². The Labute approximate surface area is 256 Å². The van der Waals surface area contributed by atoms with Gasteiger partial charge in [-0.2, -0.15) is 5.10 Å². The Balaban J connectivity index is 1.13. The van der Waals surface area contributed by atoms with Gasteiger partial charge in [-0.25, -0.2) is 9.37 Å². The zero-order valence-electron chi connectivity index (χ0n) is 23.5. The third-order valence-corrected chi connectivity index (χ3v) is 9.27. The molecule has 3 aromatic heterocycles. The van der Waals surface area contributed by atoms with Gasteiger partial charge in [-0.05, 0) is 42.2 Å². The molecule has 9 nitrogen and oxygen atoms in total. The summed E-state index contributed by atoms with van der Waals surface area (Å²) in [6, 6.07) is 16.5. The second-order valence-corrected chi connectivity index (χ2v) is 12.7. The van der Waals surface area contributed by atoms with Crippen molar-refractivity contribution in [3.8, 4) is 21.7 Å². The van der Waals surface area contributed by atoms with Crippen molar-refractivity contribution >= 4 is 40.4 Å². The number of likely N-dealkylation sites (tertiary alicyclic amines) is 1. The molecule has 1 aliphatic heterocycles. The first-order valence-electron chi connectivity index (χ1n) is 13.9. The first kappa shape index (κ1) is 29.2. The van der Waals surface area contributed by atoms with Crippen LogP contribution in [0, 0.1) is 5.82 Å². The lowest BCUT2D eigenvalue weighted by Gasteiger charge is -2.38. The monoisotopic (exact) mass is 620 g/mol. The van der Waals surface area contributed by atoms with Crippen molar-refractivity contribution in [1.82, 2.24) is 29.5 Å². The van der Waals surface area contributed by atoms with Gasteiger partial charge in [0.2, 0.25) is 6.41 Å². The van der Waals surface area contributed by atoms with Crippen molar-refractivity contribution < 1.29 is 14.3 Å². The van der Waals surface area contributed by atoms with Crippen molar-refractivity contribution in [2.75, 3.05) is 13.1 Å². The zero-order valence-corrected chi connectivity index (χ0v) is 25.0. The number of carbonyl (C=O) groups is 1. The van der Waals surface area contributed by atoms with Gasteiger partial charge in [0.05, 0.1) is 28.5 Å². The SMILES string of the molecule is Cn1nc2c(=O)n(CC3(O)CCN(Cc4ccc(-c5ccc(Cl)s5)cc4F)CC3)cnc2c1-c1ccc(CNC=O)cc1. The fraction of sp³-hybridized carbons (Fsp3) is 0.290. The molecule has 0 unspecified atom stereocenters. The van der Waals surface area contributed by atoms with Gasteiger partial charge in [-0.3, -0.25) is 23.7 Å². The summed E-state index contributed by atoms with van der Waals surface area (Å²) in [6.07, 6.45) is 3.00. The van der Waals surface area contributed by atoms with Crippen molar-refractivity contribution in [2.24, 2.45) is 7.05 Å². The van der Waals surface area contributed by atoms with Crippen molar-refractivity contribution in [2.45, 2.75) is 38.1 Å². The predicted molar refractivity (Wildman–Crippen MR) is 165 cm³/mol. The third kappa shape index (κ3) is 6.12. The number of hydrogen-bond acceptors (Lipinski definition) is 7. The van der Waals surface area contributed by atoms with E-state index in [0.29, 0.717) is 66.5 Å². The summed E-state index contributed by atoms with van der Waals surface area (Å²) < 4.78 is 18.7. The van der Waals surface area contributed by atoms with E-state index in [0.717, 1.165) is 21.6 Å². The lowest BCUT2D eigenvalue weighted by atomic mass is 9.91. The second kappa shape index (κ2) is 12.0. The Bertz CT molecular complexity index is 1840. The van der Waals surface area contributed by atoms with E-state index in [1.807, 2.05) is 36.4 Å². The predicted octanol–water partition coefficient (Wildman–Crippen LogP) is 4.59. The summed E-state index contributed by atoms with van der Waals surface area (Å²) in [5.74, 6) is -0.269. The van der Waals surface area contributed by atoms with E-state index in [1.54, 1.807) is 29.9 Å². The van der Waals surface area contributed by atoms with Crippen LogP contribution < -0.4 is 10.9 Å². The topological polar surface area (TPSA) is 105 Å². The van der Waals surface area contributed by atoms with E-state index in [9.17, 15) is 19.1 Å². The van der Waals surface area contributed by atoms with E-state index in [4.69, 9.17) is 11.6 Å². The van der Waals surface area contributed by atoms with Gasteiger partial charge >= 0.3 is 0 Å². The van der Waals surface area contributed by atoms with Gasteiger partial charge in [0, 0.05) is 49.2 Å². The number of aromatic nitrogens is 4. The lowest BCUT2D eigenvalue weighted by Crippen LogP contribution is -2.47. The molecule has 0 spiro atoms. The number of piperidine rings is 1. The molecule has 0 bridgehead atoms. The maximum atomic E-state index is 14.9. The molecular weight excluding hydrogens is 591 g/mol. The normalized spacial score (nSPS) is 15.2. The molecule has 2 aromatic carbocycles. The highest BCUT2D eigenvalue weighted by Gasteiger charge is 2.33. The maximum absolute atomic E-state index is 14.9.